The van der Waals surface area contributed by atoms with Crippen LogP contribution in [0.5, 0.6) is 0 Å². The Morgan fingerprint density at radius 2 is 2.00 bits per heavy atom. The Morgan fingerprint density at radius 1 is 1.23 bits per heavy atom. The molecule has 0 saturated heterocycles. The quantitative estimate of drug-likeness (QED) is 0.794. The Balaban J connectivity index is 2.08. The van der Waals surface area contributed by atoms with E-state index in [-0.39, 0.29) is 5.91 Å². The number of nitrogens with one attached hydrogen (secondary N) is 1. The highest BCUT2D eigenvalue weighted by Crippen LogP contribution is 2.15. The van der Waals surface area contributed by atoms with Crippen LogP contribution in [0.4, 0.5) is 11.5 Å². The molecule has 0 spiro atoms. The Labute approximate surface area is 130 Å². The van der Waals surface area contributed by atoms with Crippen molar-refractivity contribution < 1.29 is 9.53 Å². The molecule has 1 N–H and O–H groups in total. The van der Waals surface area contributed by atoms with Crippen molar-refractivity contribution in [3.05, 3.63) is 48.4 Å². The van der Waals surface area contributed by atoms with Crippen LogP contribution in [0.25, 0.3) is 0 Å². The van der Waals surface area contributed by atoms with Gasteiger partial charge in [-0.2, -0.15) is 0 Å². The summed E-state index contributed by atoms with van der Waals surface area (Å²) in [6.07, 6.45) is 3.05. The summed E-state index contributed by atoms with van der Waals surface area (Å²) < 4.78 is 4.95. The van der Waals surface area contributed by atoms with E-state index < -0.39 is 0 Å². The maximum Gasteiger partial charge on any atom is 0.278 e. The zero-order valence-corrected chi connectivity index (χ0v) is 12.8. The molecule has 1 amide bonds. The lowest BCUT2D eigenvalue weighted by molar-refractivity contribution is 0.0983. The molecule has 0 radical (unpaired) electrons. The molecule has 0 fully saturated rings. The molecule has 2 aromatic rings. The first-order valence-electron chi connectivity index (χ1n) is 7.18. The van der Waals surface area contributed by atoms with Crippen molar-refractivity contribution in [1.29, 1.82) is 0 Å². The Bertz CT molecular complexity index is 587. The Morgan fingerprint density at radius 3 is 2.59 bits per heavy atom. The Kier molecular flexibility index (Phi) is 5.85. The smallest absolute Gasteiger partial charge is 0.278 e. The van der Waals surface area contributed by atoms with Crippen LogP contribution in [-0.4, -0.2) is 42.7 Å². The molecule has 22 heavy (non-hydrogen) atoms. The average molecular weight is 300 g/mol. The third kappa shape index (κ3) is 4.02. The second-order valence-corrected chi connectivity index (χ2v) is 4.59. The van der Waals surface area contributed by atoms with E-state index in [1.165, 1.54) is 6.20 Å². The predicted octanol–water partition coefficient (Wildman–Crippen LogP) is 2.20. The third-order valence-corrected chi connectivity index (χ3v) is 3.11. The minimum atomic E-state index is -0.162. The topological polar surface area (TPSA) is 67.4 Å². The number of para-hydroxylation sites is 1. The van der Waals surface area contributed by atoms with Crippen LogP contribution in [0.15, 0.2) is 42.7 Å². The monoisotopic (exact) mass is 300 g/mol. The normalized spacial score (nSPS) is 10.3. The molecule has 0 aliphatic carbocycles. The summed E-state index contributed by atoms with van der Waals surface area (Å²) >= 11 is 0. The number of rotatable bonds is 7. The molecule has 0 atom stereocenters. The number of anilines is 2. The number of ether oxygens (including phenoxy) is 1. The first-order valence-corrected chi connectivity index (χ1v) is 7.18. The molecule has 0 saturated carbocycles. The van der Waals surface area contributed by atoms with E-state index in [1.54, 1.807) is 18.2 Å². The van der Waals surface area contributed by atoms with Gasteiger partial charge < -0.3 is 15.0 Å². The number of benzene rings is 1. The number of aromatic nitrogens is 2. The van der Waals surface area contributed by atoms with Crippen molar-refractivity contribution in [3.63, 3.8) is 0 Å². The van der Waals surface area contributed by atoms with Crippen LogP contribution in [-0.2, 0) is 4.74 Å². The molecule has 0 bridgehead atoms. The Hall–Kier alpha value is -2.47. The first kappa shape index (κ1) is 15.9. The zero-order valence-electron chi connectivity index (χ0n) is 12.8. The molecule has 0 aliphatic heterocycles. The fourth-order valence-corrected chi connectivity index (χ4v) is 2.00. The summed E-state index contributed by atoms with van der Waals surface area (Å²) in [5.74, 6) is 0.459. The minimum Gasteiger partial charge on any atom is -0.383 e. The van der Waals surface area contributed by atoms with Crippen LogP contribution < -0.4 is 10.2 Å². The molecule has 1 heterocycles. The number of carbonyl (C=O) groups excluding carboxylic acids is 1. The van der Waals surface area contributed by atoms with Crippen molar-refractivity contribution in [2.45, 2.75) is 6.92 Å². The number of nitrogens with zero attached hydrogens (tertiary/aromatic N) is 3. The summed E-state index contributed by atoms with van der Waals surface area (Å²) in [5, 5.41) is 3.06. The van der Waals surface area contributed by atoms with Gasteiger partial charge in [0.05, 0.1) is 19.0 Å². The van der Waals surface area contributed by atoms with Gasteiger partial charge in [-0.25, -0.2) is 9.97 Å². The second-order valence-electron chi connectivity index (χ2n) is 4.59. The molecule has 1 aromatic heterocycles. The molecular formula is C16H20N4O2. The van der Waals surface area contributed by atoms with Crippen molar-refractivity contribution in [3.8, 4) is 0 Å². The SMILES string of the molecule is CCN(C(=O)c1cnc(NCCOC)cn1)c1ccccc1. The minimum absolute atomic E-state index is 0.162. The fraction of sp³-hybridized carbons (Fsp3) is 0.312. The summed E-state index contributed by atoms with van der Waals surface area (Å²) in [7, 11) is 1.64. The fourth-order valence-electron chi connectivity index (χ4n) is 2.00. The maximum absolute atomic E-state index is 12.5. The molecule has 1 aromatic carbocycles. The number of amides is 1. The summed E-state index contributed by atoms with van der Waals surface area (Å²) in [6.45, 7) is 3.72. The zero-order chi connectivity index (χ0) is 15.8. The predicted molar refractivity (Wildman–Crippen MR) is 86.2 cm³/mol. The van der Waals surface area contributed by atoms with Crippen molar-refractivity contribution in [2.75, 3.05) is 37.0 Å². The largest absolute Gasteiger partial charge is 0.383 e. The molecule has 6 heteroatoms. The maximum atomic E-state index is 12.5. The number of carbonyl (C=O) groups is 1. The van der Waals surface area contributed by atoms with Gasteiger partial charge in [-0.15, -0.1) is 0 Å². The highest BCUT2D eigenvalue weighted by atomic mass is 16.5. The van der Waals surface area contributed by atoms with Gasteiger partial charge in [-0.05, 0) is 19.1 Å². The second kappa shape index (κ2) is 8.09. The lowest BCUT2D eigenvalue weighted by atomic mass is 10.2. The standard InChI is InChI=1S/C16H20N4O2/c1-3-20(13-7-5-4-6-8-13)16(21)14-11-19-15(12-18-14)17-9-10-22-2/h4-8,11-12H,3,9-10H2,1-2H3,(H,17,19). The molecular weight excluding hydrogens is 280 g/mol. The number of hydrogen-bond donors (Lipinski definition) is 1. The van der Waals surface area contributed by atoms with Crippen LogP contribution in [0.3, 0.4) is 0 Å². The highest BCUT2D eigenvalue weighted by Gasteiger charge is 2.17. The molecule has 0 unspecified atom stereocenters. The van der Waals surface area contributed by atoms with E-state index in [0.29, 0.717) is 31.2 Å². The van der Waals surface area contributed by atoms with Crippen LogP contribution >= 0.6 is 0 Å². The van der Waals surface area contributed by atoms with Crippen molar-refractivity contribution in [2.24, 2.45) is 0 Å². The lowest BCUT2D eigenvalue weighted by Crippen LogP contribution is -2.31. The molecule has 116 valence electrons. The van der Waals surface area contributed by atoms with Crippen LogP contribution in [0.2, 0.25) is 0 Å². The van der Waals surface area contributed by atoms with Crippen molar-refractivity contribution in [1.82, 2.24) is 9.97 Å². The third-order valence-electron chi connectivity index (χ3n) is 3.11. The summed E-state index contributed by atoms with van der Waals surface area (Å²) in [6, 6.07) is 9.52. The van der Waals surface area contributed by atoms with Gasteiger partial charge in [0, 0.05) is 25.9 Å². The molecule has 2 rings (SSSR count). The van der Waals surface area contributed by atoms with Gasteiger partial charge in [0.15, 0.2) is 0 Å². The molecule has 0 aliphatic rings. The van der Waals surface area contributed by atoms with Gasteiger partial charge in [-0.1, -0.05) is 18.2 Å². The van der Waals surface area contributed by atoms with Gasteiger partial charge in [-0.3, -0.25) is 4.79 Å². The first-order chi connectivity index (χ1) is 10.8. The van der Waals surface area contributed by atoms with E-state index in [1.807, 2.05) is 37.3 Å². The van der Waals surface area contributed by atoms with Gasteiger partial charge in [0.2, 0.25) is 0 Å². The van der Waals surface area contributed by atoms with E-state index in [4.69, 9.17) is 4.74 Å². The number of hydrogen-bond acceptors (Lipinski definition) is 5. The lowest BCUT2D eigenvalue weighted by Gasteiger charge is -2.20. The summed E-state index contributed by atoms with van der Waals surface area (Å²) in [4.78, 5) is 22.6. The van der Waals surface area contributed by atoms with E-state index >= 15 is 0 Å². The van der Waals surface area contributed by atoms with Crippen molar-refractivity contribution >= 4 is 17.4 Å². The number of methoxy groups -OCH3 is 1. The van der Waals surface area contributed by atoms with Gasteiger partial charge in [0.1, 0.15) is 11.5 Å². The van der Waals surface area contributed by atoms with Gasteiger partial charge >= 0.3 is 0 Å². The van der Waals surface area contributed by atoms with Gasteiger partial charge in [0.25, 0.3) is 5.91 Å². The van der Waals surface area contributed by atoms with Crippen LogP contribution in [0, 0.1) is 0 Å². The highest BCUT2D eigenvalue weighted by molar-refractivity contribution is 6.04. The summed E-state index contributed by atoms with van der Waals surface area (Å²) in [5.41, 5.74) is 1.17. The van der Waals surface area contributed by atoms with E-state index in [9.17, 15) is 4.79 Å². The van der Waals surface area contributed by atoms with E-state index in [0.717, 1.165) is 5.69 Å². The van der Waals surface area contributed by atoms with E-state index in [2.05, 4.69) is 15.3 Å². The van der Waals surface area contributed by atoms with Crippen LogP contribution in [0.1, 0.15) is 17.4 Å². The molecule has 6 nitrogen and oxygen atoms in total. The average Bonchev–Trinajstić information content (AvgIpc) is 2.57.